The monoisotopic (exact) mass is 283 g/mol. The van der Waals surface area contributed by atoms with Crippen molar-refractivity contribution in [3.8, 4) is 0 Å². The summed E-state index contributed by atoms with van der Waals surface area (Å²) < 4.78 is 8.02. The highest BCUT2D eigenvalue weighted by Crippen LogP contribution is 1.93. The van der Waals surface area contributed by atoms with Crippen LogP contribution in [0.25, 0.3) is 0 Å². The highest BCUT2D eigenvalue weighted by Gasteiger charge is 2.05. The van der Waals surface area contributed by atoms with E-state index < -0.39 is 0 Å². The first kappa shape index (κ1) is 16.7. The predicted octanol–water partition coefficient (Wildman–Crippen LogP) is 0.236. The van der Waals surface area contributed by atoms with Crippen molar-refractivity contribution < 1.29 is 4.74 Å². The van der Waals surface area contributed by atoms with Gasteiger partial charge in [-0.3, -0.25) is 9.36 Å². The van der Waals surface area contributed by atoms with Crippen LogP contribution in [0.1, 0.15) is 25.8 Å². The Balaban J connectivity index is 2.36. The average molecular weight is 283 g/mol. The van der Waals surface area contributed by atoms with Gasteiger partial charge < -0.3 is 14.6 Å². The lowest BCUT2D eigenvalue weighted by atomic mass is 10.2. The molecule has 1 aromatic rings. The summed E-state index contributed by atoms with van der Waals surface area (Å²) in [5.74, 6) is 0.552. The van der Waals surface area contributed by atoms with Crippen molar-refractivity contribution in [2.75, 3.05) is 19.8 Å². The fraction of sp³-hybridized carbons (Fsp3) is 0.714. The average Bonchev–Trinajstić information content (AvgIpc) is 2.40. The van der Waals surface area contributed by atoms with E-state index in [4.69, 9.17) is 4.74 Å². The van der Waals surface area contributed by atoms with Gasteiger partial charge in [0.15, 0.2) is 0 Å². The third-order valence-electron chi connectivity index (χ3n) is 2.93. The summed E-state index contributed by atoms with van der Waals surface area (Å²) in [4.78, 5) is 23.4. The van der Waals surface area contributed by atoms with Crippen LogP contribution in [0.15, 0.2) is 15.8 Å². The highest BCUT2D eigenvalue weighted by molar-refractivity contribution is 5.05. The maximum atomic E-state index is 11.9. The first-order valence-corrected chi connectivity index (χ1v) is 6.97. The third-order valence-corrected chi connectivity index (χ3v) is 2.93. The summed E-state index contributed by atoms with van der Waals surface area (Å²) in [5.41, 5.74) is 0.0511. The second-order valence-electron chi connectivity index (χ2n) is 5.41. The Labute approximate surface area is 119 Å². The number of aryl methyl sites for hydroxylation is 1. The normalized spacial score (nSPS) is 11.2. The fourth-order valence-electron chi connectivity index (χ4n) is 1.85. The molecule has 0 aliphatic rings. The molecule has 1 aromatic heterocycles. The quantitative estimate of drug-likeness (QED) is 0.694. The molecule has 0 fully saturated rings. The molecule has 0 saturated carbocycles. The van der Waals surface area contributed by atoms with Gasteiger partial charge in [-0.05, 0) is 18.9 Å². The zero-order chi connectivity index (χ0) is 15.1. The van der Waals surface area contributed by atoms with Gasteiger partial charge in [-0.2, -0.15) is 0 Å². The summed E-state index contributed by atoms with van der Waals surface area (Å²) in [5, 5.41) is 3.20. The van der Waals surface area contributed by atoms with Crippen LogP contribution in [-0.2, 0) is 25.4 Å². The molecule has 6 heteroatoms. The molecule has 0 unspecified atom stereocenters. The van der Waals surface area contributed by atoms with Gasteiger partial charge in [0.25, 0.3) is 5.56 Å². The smallest absolute Gasteiger partial charge is 0.330 e. The van der Waals surface area contributed by atoms with Crippen LogP contribution >= 0.6 is 0 Å². The van der Waals surface area contributed by atoms with E-state index in [1.165, 1.54) is 11.6 Å². The minimum absolute atomic E-state index is 0.239. The Kier molecular flexibility index (Phi) is 6.67. The van der Waals surface area contributed by atoms with Crippen LogP contribution in [0.4, 0.5) is 0 Å². The van der Waals surface area contributed by atoms with E-state index in [1.54, 1.807) is 13.2 Å². The maximum absolute atomic E-state index is 11.9. The molecule has 0 radical (unpaired) electrons. The molecule has 1 heterocycles. The summed E-state index contributed by atoms with van der Waals surface area (Å²) in [7, 11) is 3.14. The fourth-order valence-corrected chi connectivity index (χ4v) is 1.85. The number of hydrogen-bond acceptors (Lipinski definition) is 4. The van der Waals surface area contributed by atoms with Gasteiger partial charge >= 0.3 is 5.69 Å². The number of nitrogens with zero attached hydrogens (tertiary/aromatic N) is 2. The number of hydrogen-bond donors (Lipinski definition) is 1. The standard InChI is InChI=1S/C14H25N3O3/c1-11(2)10-20-7-5-6-15-8-12-9-16(3)14(19)17(4)13(12)18/h9,11,15H,5-8,10H2,1-4H3. The largest absolute Gasteiger partial charge is 0.381 e. The lowest BCUT2D eigenvalue weighted by Crippen LogP contribution is -2.39. The minimum Gasteiger partial charge on any atom is -0.381 e. The van der Waals surface area contributed by atoms with Crippen LogP contribution in [0.2, 0.25) is 0 Å². The molecular formula is C14H25N3O3. The molecule has 1 rings (SSSR count). The molecule has 0 atom stereocenters. The van der Waals surface area contributed by atoms with Crippen LogP contribution in [-0.4, -0.2) is 28.9 Å². The van der Waals surface area contributed by atoms with Gasteiger partial charge in [-0.25, -0.2) is 4.79 Å². The minimum atomic E-state index is -0.305. The van der Waals surface area contributed by atoms with Crippen molar-refractivity contribution in [3.63, 3.8) is 0 Å². The first-order valence-electron chi connectivity index (χ1n) is 6.97. The number of rotatable bonds is 8. The van der Waals surface area contributed by atoms with Gasteiger partial charge in [0.1, 0.15) is 0 Å². The summed E-state index contributed by atoms with van der Waals surface area (Å²) in [6.45, 7) is 6.98. The molecule has 20 heavy (non-hydrogen) atoms. The molecule has 114 valence electrons. The zero-order valence-electron chi connectivity index (χ0n) is 12.8. The van der Waals surface area contributed by atoms with Gasteiger partial charge in [-0.1, -0.05) is 13.8 Å². The third kappa shape index (κ3) is 4.94. The molecule has 0 aliphatic heterocycles. The molecule has 0 aromatic carbocycles. The Morgan fingerprint density at radius 1 is 1.30 bits per heavy atom. The van der Waals surface area contributed by atoms with Crippen LogP contribution in [0.3, 0.4) is 0 Å². The van der Waals surface area contributed by atoms with Crippen LogP contribution < -0.4 is 16.6 Å². The Hall–Kier alpha value is -1.40. The van der Waals surface area contributed by atoms with E-state index in [0.29, 0.717) is 18.0 Å². The number of ether oxygens (including phenoxy) is 1. The second-order valence-corrected chi connectivity index (χ2v) is 5.41. The van der Waals surface area contributed by atoms with Crippen molar-refractivity contribution in [3.05, 3.63) is 32.6 Å². The van der Waals surface area contributed by atoms with Crippen molar-refractivity contribution in [1.82, 2.24) is 14.5 Å². The number of aromatic nitrogens is 2. The molecule has 6 nitrogen and oxygen atoms in total. The molecule has 0 bridgehead atoms. The van der Waals surface area contributed by atoms with Crippen LogP contribution in [0, 0.1) is 5.92 Å². The van der Waals surface area contributed by atoms with Crippen molar-refractivity contribution in [2.45, 2.75) is 26.8 Å². The van der Waals surface area contributed by atoms with Gasteiger partial charge in [0, 0.05) is 45.6 Å². The molecule has 1 N–H and O–H groups in total. The molecule has 0 saturated heterocycles. The van der Waals surface area contributed by atoms with Gasteiger partial charge in [0.2, 0.25) is 0 Å². The molecule has 0 aliphatic carbocycles. The van der Waals surface area contributed by atoms with Gasteiger partial charge in [0.05, 0.1) is 0 Å². The van der Waals surface area contributed by atoms with Gasteiger partial charge in [-0.15, -0.1) is 0 Å². The van der Waals surface area contributed by atoms with E-state index in [1.807, 2.05) is 0 Å². The summed E-state index contributed by atoms with van der Waals surface area (Å²) >= 11 is 0. The van der Waals surface area contributed by atoms with E-state index in [9.17, 15) is 9.59 Å². The van der Waals surface area contributed by atoms with E-state index in [-0.39, 0.29) is 11.2 Å². The zero-order valence-corrected chi connectivity index (χ0v) is 12.8. The molecule has 0 amide bonds. The lowest BCUT2D eigenvalue weighted by molar-refractivity contribution is 0.108. The van der Waals surface area contributed by atoms with Crippen molar-refractivity contribution in [2.24, 2.45) is 20.0 Å². The Morgan fingerprint density at radius 3 is 2.65 bits per heavy atom. The van der Waals surface area contributed by atoms with Crippen molar-refractivity contribution >= 4 is 0 Å². The summed E-state index contributed by atoms with van der Waals surface area (Å²) in [6, 6.07) is 0. The Bertz CT molecular complexity index is 531. The lowest BCUT2D eigenvalue weighted by Gasteiger charge is -2.09. The molecular weight excluding hydrogens is 258 g/mol. The highest BCUT2D eigenvalue weighted by atomic mass is 16.5. The topological polar surface area (TPSA) is 65.3 Å². The maximum Gasteiger partial charge on any atom is 0.330 e. The summed E-state index contributed by atoms with van der Waals surface area (Å²) in [6.07, 6.45) is 2.49. The predicted molar refractivity (Wildman–Crippen MR) is 78.9 cm³/mol. The van der Waals surface area contributed by atoms with E-state index in [2.05, 4.69) is 19.2 Å². The molecule has 0 spiro atoms. The van der Waals surface area contributed by atoms with Crippen molar-refractivity contribution in [1.29, 1.82) is 0 Å². The Morgan fingerprint density at radius 2 is 2.00 bits per heavy atom. The van der Waals surface area contributed by atoms with Crippen LogP contribution in [0.5, 0.6) is 0 Å². The number of nitrogens with one attached hydrogen (secondary N) is 1. The van der Waals surface area contributed by atoms with E-state index in [0.717, 1.165) is 30.7 Å². The SMILES string of the molecule is CC(C)COCCCNCc1cn(C)c(=O)n(C)c1=O. The second kappa shape index (κ2) is 8.01. The van der Waals surface area contributed by atoms with E-state index >= 15 is 0 Å². The first-order chi connectivity index (χ1) is 9.43.